The number of halogens is 4. The Labute approximate surface area is 226 Å². The maximum absolute atomic E-state index is 13.7. The van der Waals surface area contributed by atoms with Gasteiger partial charge in [0, 0.05) is 29.3 Å². The number of aromatic nitrogens is 5. The number of pyridine rings is 1. The number of carbonyl (C=O) groups excluding carboxylic acids is 2. The minimum atomic E-state index is -2.97. The molecule has 5 aromatic rings. The highest BCUT2D eigenvalue weighted by atomic mass is 32.1. The van der Waals surface area contributed by atoms with E-state index < -0.39 is 30.5 Å². The van der Waals surface area contributed by atoms with Gasteiger partial charge in [0.05, 0.1) is 17.6 Å². The molecule has 0 atom stereocenters. The highest BCUT2D eigenvalue weighted by Crippen LogP contribution is 2.43. The normalized spacial score (nSPS) is 11.5. The quantitative estimate of drug-likeness (QED) is 0.216. The van der Waals surface area contributed by atoms with Gasteiger partial charge >= 0.3 is 6.61 Å². The van der Waals surface area contributed by atoms with Gasteiger partial charge < -0.3 is 15.8 Å². The first-order valence-corrected chi connectivity index (χ1v) is 12.3. The van der Waals surface area contributed by atoms with Gasteiger partial charge in [-0.2, -0.15) is 19.0 Å². The number of amides is 2. The number of nitrogens with one attached hydrogen (secondary N) is 2. The van der Waals surface area contributed by atoms with Crippen LogP contribution < -0.4 is 15.8 Å². The first kappa shape index (κ1) is 26.8. The molecule has 2 amide bonds. The monoisotopic (exact) mass is 573 g/mol. The highest BCUT2D eigenvalue weighted by molar-refractivity contribution is 7.21. The number of fused-ring (bicyclic) bond motifs is 1. The summed E-state index contributed by atoms with van der Waals surface area (Å²) in [5.74, 6) is -1.63. The molecule has 0 aliphatic heterocycles. The van der Waals surface area contributed by atoms with Gasteiger partial charge in [0.25, 0.3) is 18.2 Å². The number of anilines is 1. The third-order valence-corrected chi connectivity index (χ3v) is 7.19. The molecular formula is C25H19F4N7O3S. The van der Waals surface area contributed by atoms with Gasteiger partial charge in [-0.15, -0.1) is 11.3 Å². The lowest BCUT2D eigenvalue weighted by molar-refractivity contribution is -0.0498. The van der Waals surface area contributed by atoms with E-state index >= 15 is 0 Å². The lowest BCUT2D eigenvalue weighted by atomic mass is 10.0. The molecule has 0 aliphatic carbocycles. The van der Waals surface area contributed by atoms with Crippen LogP contribution in [0.5, 0.6) is 5.75 Å². The summed E-state index contributed by atoms with van der Waals surface area (Å²) in [6.45, 7) is -1.22. The first-order valence-electron chi connectivity index (χ1n) is 11.5. The largest absolute Gasteiger partial charge is 0.435 e. The predicted molar refractivity (Wildman–Crippen MR) is 139 cm³/mol. The second-order valence-corrected chi connectivity index (χ2v) is 9.54. The number of aryl methyl sites for hydroxylation is 1. The van der Waals surface area contributed by atoms with Gasteiger partial charge in [0.2, 0.25) is 0 Å². The zero-order chi connectivity index (χ0) is 28.7. The van der Waals surface area contributed by atoms with Crippen LogP contribution in [0.3, 0.4) is 0 Å². The second kappa shape index (κ2) is 10.4. The fourth-order valence-electron chi connectivity index (χ4n) is 4.07. The maximum Gasteiger partial charge on any atom is 0.387 e. The van der Waals surface area contributed by atoms with Crippen LogP contribution in [0.1, 0.15) is 38.0 Å². The van der Waals surface area contributed by atoms with Crippen molar-refractivity contribution in [1.82, 2.24) is 25.0 Å². The summed E-state index contributed by atoms with van der Waals surface area (Å²) in [6.07, 6.45) is -1.40. The van der Waals surface area contributed by atoms with Crippen molar-refractivity contribution in [3.63, 3.8) is 0 Å². The van der Waals surface area contributed by atoms with Gasteiger partial charge in [0.1, 0.15) is 26.8 Å². The van der Waals surface area contributed by atoms with Crippen molar-refractivity contribution in [3.8, 4) is 28.1 Å². The number of nitrogens with zero attached hydrogens (tertiary/aromatic N) is 4. The number of benzene rings is 1. The van der Waals surface area contributed by atoms with Crippen LogP contribution >= 0.6 is 11.3 Å². The van der Waals surface area contributed by atoms with Crippen LogP contribution in [-0.4, -0.2) is 43.4 Å². The van der Waals surface area contributed by atoms with Gasteiger partial charge in [0.15, 0.2) is 0 Å². The van der Waals surface area contributed by atoms with Gasteiger partial charge in [-0.1, -0.05) is 0 Å². The Balaban J connectivity index is 1.55. The van der Waals surface area contributed by atoms with Crippen molar-refractivity contribution < 1.29 is 31.9 Å². The zero-order valence-electron chi connectivity index (χ0n) is 20.7. The van der Waals surface area contributed by atoms with Crippen LogP contribution in [0, 0.1) is 6.92 Å². The van der Waals surface area contributed by atoms with E-state index in [1.807, 2.05) is 0 Å². The van der Waals surface area contributed by atoms with Crippen LogP contribution in [-0.2, 0) is 7.05 Å². The Bertz CT molecular complexity index is 1750. The fraction of sp³-hybridized carbons (Fsp3) is 0.160. The highest BCUT2D eigenvalue weighted by Gasteiger charge is 2.27. The minimum Gasteiger partial charge on any atom is -0.435 e. The molecule has 10 nitrogen and oxygen atoms in total. The molecule has 40 heavy (non-hydrogen) atoms. The number of alkyl halides is 4. The van der Waals surface area contributed by atoms with Gasteiger partial charge in [-0.05, 0) is 48.9 Å². The molecular weight excluding hydrogens is 554 g/mol. The molecule has 15 heteroatoms. The number of rotatable bonds is 8. The van der Waals surface area contributed by atoms with Crippen LogP contribution in [0.2, 0.25) is 0 Å². The van der Waals surface area contributed by atoms with E-state index in [1.54, 1.807) is 18.7 Å². The molecule has 5 rings (SSSR count). The number of nitrogens with two attached hydrogens (primary N) is 1. The summed E-state index contributed by atoms with van der Waals surface area (Å²) in [4.78, 5) is 29.6. The molecule has 0 saturated carbocycles. The van der Waals surface area contributed by atoms with Crippen molar-refractivity contribution in [2.45, 2.75) is 20.0 Å². The molecule has 206 valence electrons. The molecule has 4 heterocycles. The van der Waals surface area contributed by atoms with E-state index in [0.29, 0.717) is 28.1 Å². The molecule has 4 N–H and O–H groups in total. The lowest BCUT2D eigenvalue weighted by Gasteiger charge is -2.10. The van der Waals surface area contributed by atoms with Crippen molar-refractivity contribution in [2.24, 2.45) is 12.8 Å². The number of hydrogen-bond donors (Lipinski definition) is 3. The summed E-state index contributed by atoms with van der Waals surface area (Å²) in [5, 5.41) is 13.8. The van der Waals surface area contributed by atoms with E-state index in [0.717, 1.165) is 11.3 Å². The lowest BCUT2D eigenvalue weighted by Crippen LogP contribution is -2.17. The summed E-state index contributed by atoms with van der Waals surface area (Å²) in [5.41, 5.74) is 7.36. The van der Waals surface area contributed by atoms with Crippen LogP contribution in [0.25, 0.3) is 32.6 Å². The molecule has 0 fully saturated rings. The van der Waals surface area contributed by atoms with Crippen LogP contribution in [0.15, 0.2) is 42.6 Å². The molecule has 0 unspecified atom stereocenters. The molecule has 4 aromatic heterocycles. The predicted octanol–water partition coefficient (Wildman–Crippen LogP) is 5.29. The van der Waals surface area contributed by atoms with Gasteiger partial charge in [-0.3, -0.25) is 19.4 Å². The van der Waals surface area contributed by atoms with Crippen molar-refractivity contribution in [2.75, 3.05) is 5.32 Å². The average molecular weight is 574 g/mol. The second-order valence-electron chi connectivity index (χ2n) is 8.54. The number of thiophene rings is 1. The standard InChI is InChI=1S/C25H19F4N7O3S/c1-10-14(9-31-36(10)2)13-7-16(21(26)27)32-24-18(13)19(20(40-24)22(30)37)33-23(38)17-8-15(34-35-17)11-3-5-12(6-4-11)39-25(28)29/h3-9,21,25H,1-2H3,(H2,30,37)(H,33,38)(H,34,35). The van der Waals surface area contributed by atoms with E-state index in [4.69, 9.17) is 5.73 Å². The maximum atomic E-state index is 13.7. The molecule has 1 aromatic carbocycles. The number of H-pyrrole nitrogens is 1. The summed E-state index contributed by atoms with van der Waals surface area (Å²) in [7, 11) is 1.69. The van der Waals surface area contributed by atoms with E-state index in [1.165, 1.54) is 42.6 Å². The van der Waals surface area contributed by atoms with E-state index in [2.05, 4.69) is 30.3 Å². The smallest absolute Gasteiger partial charge is 0.387 e. The number of primary amides is 1. The van der Waals surface area contributed by atoms with E-state index in [9.17, 15) is 27.2 Å². The number of ether oxygens (including phenoxy) is 1. The van der Waals surface area contributed by atoms with Crippen molar-refractivity contribution in [3.05, 3.63) is 64.6 Å². The third kappa shape index (κ3) is 4.98. The fourth-order valence-corrected chi connectivity index (χ4v) is 5.09. The molecule has 0 bridgehead atoms. The SMILES string of the molecule is Cc1c(-c2cc(C(F)F)nc3sc(C(N)=O)c(NC(=O)c4cc(-c5ccc(OC(F)F)cc5)n[nH]4)c23)cnn1C. The molecule has 0 saturated heterocycles. The van der Waals surface area contributed by atoms with Crippen LogP contribution in [0.4, 0.5) is 23.2 Å². The van der Waals surface area contributed by atoms with Crippen molar-refractivity contribution in [1.29, 1.82) is 0 Å². The van der Waals surface area contributed by atoms with E-state index in [-0.39, 0.29) is 32.2 Å². The summed E-state index contributed by atoms with van der Waals surface area (Å²) >= 11 is 0.778. The molecule has 0 radical (unpaired) electrons. The Morgan fingerprint density at radius 2 is 1.85 bits per heavy atom. The van der Waals surface area contributed by atoms with Gasteiger partial charge in [-0.25, -0.2) is 13.8 Å². The molecule has 0 spiro atoms. The summed E-state index contributed by atoms with van der Waals surface area (Å²) in [6, 6.07) is 8.24. The Hall–Kier alpha value is -4.79. The average Bonchev–Trinajstić information content (AvgIpc) is 3.62. The Kier molecular flexibility index (Phi) is 6.97. The first-order chi connectivity index (χ1) is 19.0. The number of carbonyl (C=O) groups is 2. The number of aromatic amines is 1. The van der Waals surface area contributed by atoms with Crippen molar-refractivity contribution >= 4 is 39.1 Å². The summed E-state index contributed by atoms with van der Waals surface area (Å²) < 4.78 is 58.2. The number of hydrogen-bond acceptors (Lipinski definition) is 7. The minimum absolute atomic E-state index is 0.00561. The third-order valence-electron chi connectivity index (χ3n) is 6.09. The Morgan fingerprint density at radius 1 is 1.12 bits per heavy atom. The molecule has 0 aliphatic rings. The Morgan fingerprint density at radius 3 is 2.45 bits per heavy atom. The topological polar surface area (TPSA) is 141 Å². The zero-order valence-corrected chi connectivity index (χ0v) is 21.5.